The second-order valence-electron chi connectivity index (χ2n) is 4.74. The number of benzene rings is 1. The normalized spacial score (nSPS) is 16.4. The van der Waals surface area contributed by atoms with Crippen LogP contribution in [0.5, 0.6) is 0 Å². The van der Waals surface area contributed by atoms with Gasteiger partial charge in [-0.25, -0.2) is 4.39 Å². The van der Waals surface area contributed by atoms with Crippen molar-refractivity contribution in [3.63, 3.8) is 0 Å². The van der Waals surface area contributed by atoms with Gasteiger partial charge in [-0.05, 0) is 37.1 Å². The van der Waals surface area contributed by atoms with Crippen molar-refractivity contribution in [3.05, 3.63) is 29.1 Å². The Morgan fingerprint density at radius 2 is 2.10 bits per heavy atom. The van der Waals surface area contributed by atoms with E-state index in [4.69, 9.17) is 0 Å². The molecule has 1 aliphatic rings. The van der Waals surface area contributed by atoms with Crippen molar-refractivity contribution in [2.45, 2.75) is 26.1 Å². The van der Waals surface area contributed by atoms with Gasteiger partial charge in [-0.2, -0.15) is 13.2 Å². The maximum atomic E-state index is 14.2. The van der Waals surface area contributed by atoms with Crippen LogP contribution in [0.3, 0.4) is 0 Å². The first-order valence-electron chi connectivity index (χ1n) is 6.19. The zero-order valence-electron chi connectivity index (χ0n) is 10.8. The molecule has 1 unspecified atom stereocenters. The van der Waals surface area contributed by atoms with Crippen LogP contribution in [0, 0.1) is 11.7 Å². The lowest BCUT2D eigenvalue weighted by Crippen LogP contribution is -2.33. The quantitative estimate of drug-likeness (QED) is 0.822. The molecular formula is C13H14F4N2O. The average molecular weight is 290 g/mol. The first kappa shape index (κ1) is 14.8. The van der Waals surface area contributed by atoms with Crippen molar-refractivity contribution < 1.29 is 22.4 Å². The molecule has 2 rings (SSSR count). The molecule has 1 aromatic carbocycles. The van der Waals surface area contributed by atoms with Gasteiger partial charge in [0.05, 0.1) is 5.69 Å². The maximum absolute atomic E-state index is 14.2. The highest BCUT2D eigenvalue weighted by atomic mass is 19.4. The number of fused-ring (bicyclic) bond motifs is 1. The minimum absolute atomic E-state index is 0.202. The predicted molar refractivity (Wildman–Crippen MR) is 65.7 cm³/mol. The Morgan fingerprint density at radius 3 is 2.75 bits per heavy atom. The second-order valence-corrected chi connectivity index (χ2v) is 4.74. The number of hydrogen-bond acceptors (Lipinski definition) is 2. The zero-order valence-corrected chi connectivity index (χ0v) is 10.8. The highest BCUT2D eigenvalue weighted by Gasteiger charge is 2.41. The number of carbonyl (C=O) groups is 1. The topological polar surface area (TPSA) is 41.1 Å². The zero-order chi connectivity index (χ0) is 14.9. The van der Waals surface area contributed by atoms with Gasteiger partial charge in [-0.1, -0.05) is 6.07 Å². The van der Waals surface area contributed by atoms with E-state index < -0.39 is 23.8 Å². The molecule has 0 fully saturated rings. The summed E-state index contributed by atoms with van der Waals surface area (Å²) in [5.74, 6) is -4.09. The lowest BCUT2D eigenvalue weighted by Gasteiger charge is -2.20. The molecule has 0 saturated carbocycles. The molecule has 1 amide bonds. The van der Waals surface area contributed by atoms with Gasteiger partial charge in [0.2, 0.25) is 5.91 Å². The summed E-state index contributed by atoms with van der Waals surface area (Å²) in [4.78, 5) is 11.5. The lowest BCUT2D eigenvalue weighted by atomic mass is 9.99. The Morgan fingerprint density at radius 1 is 1.40 bits per heavy atom. The number of amides is 1. The number of carbonyl (C=O) groups excluding carboxylic acids is 1. The average Bonchev–Trinajstić information content (AvgIpc) is 2.40. The van der Waals surface area contributed by atoms with Crippen molar-refractivity contribution >= 4 is 11.6 Å². The standard InChI is InChI=1S/C13H14F4N2O/c1-7(13(15,16)17)12(20)19-10-3-2-8-6-18-5-4-9(8)11(10)14/h2-3,7,18H,4-6H2,1H3,(H,19,20). The third kappa shape index (κ3) is 2.92. The molecule has 1 atom stereocenters. The predicted octanol–water partition coefficient (Wildman–Crippen LogP) is 2.61. The number of hydrogen-bond donors (Lipinski definition) is 2. The second kappa shape index (κ2) is 5.40. The molecule has 2 N–H and O–H groups in total. The Bertz CT molecular complexity index is 528. The molecule has 1 aromatic rings. The monoisotopic (exact) mass is 290 g/mol. The minimum Gasteiger partial charge on any atom is -0.323 e. The van der Waals surface area contributed by atoms with E-state index in [1.807, 2.05) is 5.32 Å². The van der Waals surface area contributed by atoms with Crippen LogP contribution in [0.25, 0.3) is 0 Å². The van der Waals surface area contributed by atoms with Crippen molar-refractivity contribution in [2.24, 2.45) is 5.92 Å². The fourth-order valence-electron chi connectivity index (χ4n) is 2.02. The number of anilines is 1. The Kier molecular flexibility index (Phi) is 3.99. The van der Waals surface area contributed by atoms with Crippen LogP contribution in [0.15, 0.2) is 12.1 Å². The van der Waals surface area contributed by atoms with Gasteiger partial charge in [0.1, 0.15) is 11.7 Å². The summed E-state index contributed by atoms with van der Waals surface area (Å²) in [5.41, 5.74) is 1.00. The number of halogens is 4. The van der Waals surface area contributed by atoms with Crippen LogP contribution in [-0.2, 0) is 17.8 Å². The highest BCUT2D eigenvalue weighted by Crippen LogP contribution is 2.29. The van der Waals surface area contributed by atoms with Gasteiger partial charge in [-0.3, -0.25) is 4.79 Å². The molecule has 1 aliphatic heterocycles. The molecule has 1 heterocycles. The largest absolute Gasteiger partial charge is 0.400 e. The number of nitrogens with one attached hydrogen (secondary N) is 2. The van der Waals surface area contributed by atoms with Gasteiger partial charge in [0.25, 0.3) is 0 Å². The number of rotatable bonds is 2. The molecule has 0 spiro atoms. The van der Waals surface area contributed by atoms with Crippen LogP contribution in [0.2, 0.25) is 0 Å². The summed E-state index contributed by atoms with van der Waals surface area (Å²) >= 11 is 0. The van der Waals surface area contributed by atoms with E-state index in [9.17, 15) is 22.4 Å². The minimum atomic E-state index is -4.64. The lowest BCUT2D eigenvalue weighted by molar-refractivity contribution is -0.175. The van der Waals surface area contributed by atoms with Crippen molar-refractivity contribution in [2.75, 3.05) is 11.9 Å². The molecule has 0 aromatic heterocycles. The Balaban J connectivity index is 2.20. The highest BCUT2D eigenvalue weighted by molar-refractivity contribution is 5.93. The summed E-state index contributed by atoms with van der Waals surface area (Å²) in [7, 11) is 0. The van der Waals surface area contributed by atoms with E-state index in [1.54, 1.807) is 6.07 Å². The fourth-order valence-corrected chi connectivity index (χ4v) is 2.02. The SMILES string of the molecule is CC(C(=O)Nc1ccc2c(c1F)CCNC2)C(F)(F)F. The first-order chi connectivity index (χ1) is 9.30. The van der Waals surface area contributed by atoms with Crippen LogP contribution < -0.4 is 10.6 Å². The van der Waals surface area contributed by atoms with E-state index in [-0.39, 0.29) is 5.69 Å². The maximum Gasteiger partial charge on any atom is 0.400 e. The molecule has 110 valence electrons. The summed E-state index contributed by atoms with van der Waals surface area (Å²) in [6.45, 7) is 1.86. The summed E-state index contributed by atoms with van der Waals surface area (Å²) < 4.78 is 51.4. The Labute approximate surface area is 113 Å². The number of alkyl halides is 3. The van der Waals surface area contributed by atoms with Crippen LogP contribution in [0.1, 0.15) is 18.1 Å². The van der Waals surface area contributed by atoms with Gasteiger partial charge < -0.3 is 10.6 Å². The molecule has 0 aliphatic carbocycles. The molecular weight excluding hydrogens is 276 g/mol. The smallest absolute Gasteiger partial charge is 0.323 e. The summed E-state index contributed by atoms with van der Waals surface area (Å²) in [6, 6.07) is 2.90. The molecule has 20 heavy (non-hydrogen) atoms. The molecule has 0 saturated heterocycles. The van der Waals surface area contributed by atoms with E-state index in [0.29, 0.717) is 25.1 Å². The Hall–Kier alpha value is -1.63. The van der Waals surface area contributed by atoms with Gasteiger partial charge >= 0.3 is 6.18 Å². The van der Waals surface area contributed by atoms with Crippen LogP contribution >= 0.6 is 0 Å². The van der Waals surface area contributed by atoms with E-state index >= 15 is 0 Å². The van der Waals surface area contributed by atoms with Crippen LogP contribution in [0.4, 0.5) is 23.2 Å². The van der Waals surface area contributed by atoms with E-state index in [2.05, 4.69) is 5.32 Å². The van der Waals surface area contributed by atoms with Crippen LogP contribution in [-0.4, -0.2) is 18.6 Å². The van der Waals surface area contributed by atoms with Gasteiger partial charge in [-0.15, -0.1) is 0 Å². The van der Waals surface area contributed by atoms with Crippen molar-refractivity contribution in [1.29, 1.82) is 0 Å². The van der Waals surface area contributed by atoms with Crippen molar-refractivity contribution in [3.8, 4) is 0 Å². The molecule has 0 radical (unpaired) electrons. The molecule has 7 heteroatoms. The third-order valence-corrected chi connectivity index (χ3v) is 3.35. The summed E-state index contributed by atoms with van der Waals surface area (Å²) in [6.07, 6.45) is -4.20. The molecule has 3 nitrogen and oxygen atoms in total. The fraction of sp³-hybridized carbons (Fsp3) is 0.462. The van der Waals surface area contributed by atoms with Crippen molar-refractivity contribution in [1.82, 2.24) is 5.32 Å². The first-order valence-corrected chi connectivity index (χ1v) is 6.19. The summed E-state index contributed by atoms with van der Waals surface area (Å²) in [5, 5.41) is 5.08. The van der Waals surface area contributed by atoms with Gasteiger partial charge in [0, 0.05) is 6.54 Å². The third-order valence-electron chi connectivity index (χ3n) is 3.35. The van der Waals surface area contributed by atoms with E-state index in [0.717, 1.165) is 12.5 Å². The molecule has 0 bridgehead atoms. The van der Waals surface area contributed by atoms with Gasteiger partial charge in [0.15, 0.2) is 0 Å². The van der Waals surface area contributed by atoms with E-state index in [1.165, 1.54) is 6.07 Å².